The maximum atomic E-state index is 13.8. The van der Waals surface area contributed by atoms with E-state index < -0.39 is 23.3 Å². The first-order chi connectivity index (χ1) is 15.0. The summed E-state index contributed by atoms with van der Waals surface area (Å²) in [6, 6.07) is 5.65. The predicted molar refractivity (Wildman–Crippen MR) is 113 cm³/mol. The van der Waals surface area contributed by atoms with Crippen LogP contribution in [0.2, 0.25) is 0 Å². The van der Waals surface area contributed by atoms with E-state index in [0.29, 0.717) is 35.6 Å². The van der Waals surface area contributed by atoms with Gasteiger partial charge in [-0.3, -0.25) is 9.78 Å². The van der Waals surface area contributed by atoms with E-state index in [1.807, 2.05) is 20.8 Å². The van der Waals surface area contributed by atoms with Crippen LogP contribution in [0.4, 0.5) is 13.2 Å². The molecule has 3 aromatic heterocycles. The number of halogens is 3. The van der Waals surface area contributed by atoms with E-state index in [1.165, 1.54) is 0 Å². The lowest BCUT2D eigenvalue weighted by Crippen LogP contribution is -2.39. The number of fused-ring (bicyclic) bond motifs is 1. The molecule has 0 unspecified atom stereocenters. The number of likely N-dealkylation sites (tertiary alicyclic amines) is 1. The molecule has 1 atom stereocenters. The highest BCUT2D eigenvalue weighted by Gasteiger charge is 2.38. The van der Waals surface area contributed by atoms with Crippen molar-refractivity contribution in [1.82, 2.24) is 24.5 Å². The van der Waals surface area contributed by atoms with E-state index in [4.69, 9.17) is 0 Å². The summed E-state index contributed by atoms with van der Waals surface area (Å²) in [6.45, 7) is 7.74. The van der Waals surface area contributed by atoms with Gasteiger partial charge in [0, 0.05) is 29.9 Å². The zero-order chi connectivity index (χ0) is 23.3. The Hall–Kier alpha value is -2.97. The zero-order valence-corrected chi connectivity index (χ0v) is 18.6. The third-order valence-corrected chi connectivity index (χ3v) is 5.85. The van der Waals surface area contributed by atoms with Crippen molar-refractivity contribution in [3.63, 3.8) is 0 Å². The number of amides is 1. The number of pyridine rings is 1. The van der Waals surface area contributed by atoms with Gasteiger partial charge in [0.1, 0.15) is 5.69 Å². The highest BCUT2D eigenvalue weighted by molar-refractivity contribution is 5.95. The molecular weight excluding hydrogens is 419 g/mol. The third kappa shape index (κ3) is 4.08. The van der Waals surface area contributed by atoms with Gasteiger partial charge in [0.25, 0.3) is 5.91 Å². The molecule has 1 aliphatic heterocycles. The van der Waals surface area contributed by atoms with Gasteiger partial charge in [0.15, 0.2) is 5.65 Å². The Balaban J connectivity index is 1.81. The molecule has 3 aromatic rings. The number of nitrogens with zero attached hydrogens (tertiary/aromatic N) is 5. The molecule has 0 N–H and O–H groups in total. The molecule has 0 radical (unpaired) electrons. The molecule has 6 nitrogen and oxygen atoms in total. The molecule has 1 aliphatic rings. The lowest BCUT2D eigenvalue weighted by molar-refractivity contribution is -0.142. The van der Waals surface area contributed by atoms with Crippen LogP contribution in [0.3, 0.4) is 0 Å². The summed E-state index contributed by atoms with van der Waals surface area (Å²) in [5.41, 5.74) is 0.581. The first-order valence-electron chi connectivity index (χ1n) is 10.7. The second-order valence-corrected chi connectivity index (χ2v) is 9.26. The largest absolute Gasteiger partial charge is 0.433 e. The second-order valence-electron chi connectivity index (χ2n) is 9.26. The van der Waals surface area contributed by atoms with Crippen LogP contribution in [0.1, 0.15) is 79.2 Å². The fourth-order valence-corrected chi connectivity index (χ4v) is 4.09. The molecule has 1 saturated heterocycles. The van der Waals surface area contributed by atoms with Crippen molar-refractivity contribution >= 4 is 11.6 Å². The van der Waals surface area contributed by atoms with E-state index in [1.54, 1.807) is 36.2 Å². The van der Waals surface area contributed by atoms with Crippen LogP contribution in [-0.2, 0) is 11.6 Å². The second kappa shape index (κ2) is 7.86. The summed E-state index contributed by atoms with van der Waals surface area (Å²) < 4.78 is 42.4. The summed E-state index contributed by atoms with van der Waals surface area (Å²) in [5.74, 6) is -0.184. The number of piperidine rings is 1. The summed E-state index contributed by atoms with van der Waals surface area (Å²) in [4.78, 5) is 23.7. The van der Waals surface area contributed by atoms with Gasteiger partial charge < -0.3 is 4.90 Å². The summed E-state index contributed by atoms with van der Waals surface area (Å²) in [7, 11) is 0. The molecular formula is C23H26F3N5O. The number of alkyl halides is 3. The molecule has 0 saturated carbocycles. The lowest BCUT2D eigenvalue weighted by atomic mass is 9.91. The Morgan fingerprint density at radius 2 is 1.91 bits per heavy atom. The van der Waals surface area contributed by atoms with Crippen molar-refractivity contribution < 1.29 is 18.0 Å². The number of carbonyl (C=O) groups excluding carboxylic acids is 1. The molecule has 9 heteroatoms. The monoisotopic (exact) mass is 445 g/mol. The number of carbonyl (C=O) groups is 1. The molecule has 32 heavy (non-hydrogen) atoms. The van der Waals surface area contributed by atoms with Crippen molar-refractivity contribution in [2.24, 2.45) is 0 Å². The van der Waals surface area contributed by atoms with Crippen LogP contribution in [0.25, 0.3) is 5.65 Å². The van der Waals surface area contributed by atoms with Crippen molar-refractivity contribution in [1.29, 1.82) is 0 Å². The van der Waals surface area contributed by atoms with Gasteiger partial charge in [-0.25, -0.2) is 9.50 Å². The molecule has 1 fully saturated rings. The smallest absolute Gasteiger partial charge is 0.330 e. The minimum absolute atomic E-state index is 0.135. The van der Waals surface area contributed by atoms with Crippen LogP contribution in [-0.4, -0.2) is 36.9 Å². The number of hydrogen-bond acceptors (Lipinski definition) is 4. The molecule has 170 valence electrons. The van der Waals surface area contributed by atoms with Crippen molar-refractivity contribution in [3.05, 3.63) is 58.8 Å². The summed E-state index contributed by atoms with van der Waals surface area (Å²) in [5, 5.41) is 4.30. The highest BCUT2D eigenvalue weighted by Crippen LogP contribution is 2.36. The lowest BCUT2D eigenvalue weighted by Gasteiger charge is -2.35. The molecule has 1 amide bonds. The van der Waals surface area contributed by atoms with Crippen LogP contribution < -0.4 is 0 Å². The molecule has 4 rings (SSSR count). The van der Waals surface area contributed by atoms with E-state index in [9.17, 15) is 18.0 Å². The fraction of sp³-hybridized carbons (Fsp3) is 0.478. The Morgan fingerprint density at radius 3 is 2.56 bits per heavy atom. The van der Waals surface area contributed by atoms with Crippen LogP contribution >= 0.6 is 0 Å². The standard InChI is InChI=1S/C23H26F3N5O/c1-14-15(8-7-10-27-14)21(32)30-11-6-5-9-17(30)16-12-20-28-18(22(2,3)4)13-19(23(24,25)26)31(20)29-16/h7-8,10,12-13,17H,5-6,9,11H2,1-4H3/t17-/m1/s1. The topological polar surface area (TPSA) is 63.4 Å². The average Bonchev–Trinajstić information content (AvgIpc) is 3.15. The number of hydrogen-bond donors (Lipinski definition) is 0. The van der Waals surface area contributed by atoms with Gasteiger partial charge >= 0.3 is 6.18 Å². The van der Waals surface area contributed by atoms with Gasteiger partial charge in [-0.1, -0.05) is 20.8 Å². The third-order valence-electron chi connectivity index (χ3n) is 5.85. The minimum Gasteiger partial charge on any atom is -0.330 e. The van der Waals surface area contributed by atoms with Crippen molar-refractivity contribution in [2.75, 3.05) is 6.54 Å². The van der Waals surface area contributed by atoms with E-state index in [-0.39, 0.29) is 11.6 Å². The maximum Gasteiger partial charge on any atom is 0.433 e. The number of aromatic nitrogens is 4. The van der Waals surface area contributed by atoms with Gasteiger partial charge in [0.2, 0.25) is 0 Å². The molecule has 0 aromatic carbocycles. The zero-order valence-electron chi connectivity index (χ0n) is 18.6. The van der Waals surface area contributed by atoms with E-state index in [2.05, 4.69) is 15.1 Å². The first kappa shape index (κ1) is 22.2. The molecule has 0 aliphatic carbocycles. The predicted octanol–water partition coefficient (Wildman–Crippen LogP) is 5.12. The summed E-state index contributed by atoms with van der Waals surface area (Å²) >= 11 is 0. The molecule has 0 bridgehead atoms. The Kier molecular flexibility index (Phi) is 5.46. The fourth-order valence-electron chi connectivity index (χ4n) is 4.09. The van der Waals surface area contributed by atoms with Gasteiger partial charge in [-0.15, -0.1) is 0 Å². The van der Waals surface area contributed by atoms with Gasteiger partial charge in [-0.05, 0) is 44.4 Å². The molecule has 0 spiro atoms. The number of rotatable bonds is 2. The quantitative estimate of drug-likeness (QED) is 0.550. The van der Waals surface area contributed by atoms with Crippen LogP contribution in [0, 0.1) is 6.92 Å². The Bertz CT molecular complexity index is 1160. The Morgan fingerprint density at radius 1 is 1.16 bits per heavy atom. The normalized spacial score (nSPS) is 17.7. The Labute approximate surface area is 184 Å². The molecule has 4 heterocycles. The highest BCUT2D eigenvalue weighted by atomic mass is 19.4. The van der Waals surface area contributed by atoms with Gasteiger partial charge in [-0.2, -0.15) is 18.3 Å². The first-order valence-corrected chi connectivity index (χ1v) is 10.7. The van der Waals surface area contributed by atoms with Gasteiger partial charge in [0.05, 0.1) is 23.0 Å². The number of aryl methyl sites for hydroxylation is 1. The summed E-state index contributed by atoms with van der Waals surface area (Å²) in [6.07, 6.45) is -0.642. The maximum absolute atomic E-state index is 13.8. The average molecular weight is 445 g/mol. The van der Waals surface area contributed by atoms with E-state index >= 15 is 0 Å². The van der Waals surface area contributed by atoms with Crippen molar-refractivity contribution in [2.45, 2.75) is 64.6 Å². The SMILES string of the molecule is Cc1ncccc1C(=O)N1CCCC[C@@H]1c1cc2nc(C(C)(C)C)cc(C(F)(F)F)n2n1. The van der Waals surface area contributed by atoms with Crippen LogP contribution in [0.5, 0.6) is 0 Å². The van der Waals surface area contributed by atoms with Crippen LogP contribution in [0.15, 0.2) is 30.5 Å². The van der Waals surface area contributed by atoms with E-state index in [0.717, 1.165) is 23.4 Å². The van der Waals surface area contributed by atoms with Crippen molar-refractivity contribution in [3.8, 4) is 0 Å². The minimum atomic E-state index is -4.58.